The molecule has 6 rings (SSSR count). The van der Waals surface area contributed by atoms with E-state index in [0.29, 0.717) is 20.8 Å². The van der Waals surface area contributed by atoms with Gasteiger partial charge in [0.1, 0.15) is 0 Å². The Bertz CT molecular complexity index is 1610. The summed E-state index contributed by atoms with van der Waals surface area (Å²) in [5, 5.41) is 2.02. The maximum atomic E-state index is 13.8. The van der Waals surface area contributed by atoms with E-state index in [1.54, 1.807) is 25.6 Å². The number of fused-ring (bicyclic) bond motifs is 3. The zero-order chi connectivity index (χ0) is 23.2. The number of methoxy groups -OCH3 is 2. The number of thiazole rings is 1. The van der Waals surface area contributed by atoms with Crippen LogP contribution < -0.4 is 24.4 Å². The largest absolute Gasteiger partial charge is 0.493 e. The molecule has 0 saturated carbocycles. The highest BCUT2D eigenvalue weighted by atomic mass is 32.1. The summed E-state index contributed by atoms with van der Waals surface area (Å²) in [7, 11) is 3.28. The summed E-state index contributed by atoms with van der Waals surface area (Å²) in [6.07, 6.45) is 3.70. The van der Waals surface area contributed by atoms with Gasteiger partial charge in [-0.15, -0.1) is 11.3 Å². The van der Waals surface area contributed by atoms with Gasteiger partial charge in [-0.1, -0.05) is 53.8 Å². The van der Waals surface area contributed by atoms with Crippen LogP contribution in [0.25, 0.3) is 11.8 Å². The molecule has 2 aliphatic rings. The van der Waals surface area contributed by atoms with Crippen LogP contribution in [0.4, 0.5) is 0 Å². The van der Waals surface area contributed by atoms with Gasteiger partial charge in [0.25, 0.3) is 5.56 Å². The molecule has 0 N–H and O–H groups in total. The molecule has 0 fully saturated rings. The van der Waals surface area contributed by atoms with Crippen LogP contribution >= 0.6 is 22.7 Å². The molecule has 0 radical (unpaired) electrons. The summed E-state index contributed by atoms with van der Waals surface area (Å²) in [6.45, 7) is 0. The topological polar surface area (TPSA) is 52.8 Å². The molecule has 1 aliphatic carbocycles. The highest BCUT2D eigenvalue weighted by Gasteiger charge is 2.34. The summed E-state index contributed by atoms with van der Waals surface area (Å²) in [4.78, 5) is 20.6. The van der Waals surface area contributed by atoms with E-state index < -0.39 is 0 Å². The average Bonchev–Trinajstić information content (AvgIpc) is 3.50. The van der Waals surface area contributed by atoms with Gasteiger partial charge in [-0.2, -0.15) is 0 Å². The van der Waals surface area contributed by atoms with Gasteiger partial charge in [-0.05, 0) is 47.6 Å². The van der Waals surface area contributed by atoms with Crippen molar-refractivity contribution in [1.82, 2.24) is 4.57 Å². The average molecular weight is 487 g/mol. The Kier molecular flexibility index (Phi) is 5.23. The summed E-state index contributed by atoms with van der Waals surface area (Å²) in [6, 6.07) is 18.0. The standard InChI is InChI=1S/C27H22N2O3S2/c1-31-21-11-5-10-20(25(21)32-2)24-19-13-12-16-7-3-4-9-18(16)23(19)28-27-29(24)26(30)22(34-27)15-17-8-6-14-33-17/h3-11,14-15,24H,12-13H2,1-2H3/b22-15+. The van der Waals surface area contributed by atoms with E-state index in [9.17, 15) is 4.79 Å². The third-order valence-electron chi connectivity index (χ3n) is 6.42. The quantitative estimate of drug-likeness (QED) is 0.430. The molecule has 0 amide bonds. The van der Waals surface area contributed by atoms with Gasteiger partial charge in [0.2, 0.25) is 0 Å². The first-order valence-corrected chi connectivity index (χ1v) is 12.8. The summed E-state index contributed by atoms with van der Waals surface area (Å²) >= 11 is 3.06. The lowest BCUT2D eigenvalue weighted by molar-refractivity contribution is 0.348. The van der Waals surface area contributed by atoms with E-state index in [1.165, 1.54) is 16.9 Å². The van der Waals surface area contributed by atoms with Crippen LogP contribution in [0.15, 0.2) is 75.3 Å². The summed E-state index contributed by atoms with van der Waals surface area (Å²) in [5.74, 6) is 1.30. The zero-order valence-corrected chi connectivity index (χ0v) is 20.4. The van der Waals surface area contributed by atoms with Gasteiger partial charge in [0.15, 0.2) is 16.3 Å². The van der Waals surface area contributed by atoms with Crippen molar-refractivity contribution in [1.29, 1.82) is 0 Å². The Morgan fingerprint density at radius 2 is 1.91 bits per heavy atom. The Hall–Kier alpha value is -3.42. The third-order valence-corrected chi connectivity index (χ3v) is 8.22. The predicted molar refractivity (Wildman–Crippen MR) is 137 cm³/mol. The van der Waals surface area contributed by atoms with E-state index in [4.69, 9.17) is 14.5 Å². The molecule has 1 aliphatic heterocycles. The first-order chi connectivity index (χ1) is 16.7. The number of hydrogen-bond acceptors (Lipinski definition) is 6. The van der Waals surface area contributed by atoms with Gasteiger partial charge in [0, 0.05) is 16.0 Å². The van der Waals surface area contributed by atoms with E-state index >= 15 is 0 Å². The van der Waals surface area contributed by atoms with Gasteiger partial charge in [-0.25, -0.2) is 4.99 Å². The van der Waals surface area contributed by atoms with Crippen molar-refractivity contribution in [3.05, 3.63) is 107 Å². The number of para-hydroxylation sites is 1. The smallest absolute Gasteiger partial charge is 0.271 e. The minimum atomic E-state index is -0.310. The molecule has 34 heavy (non-hydrogen) atoms. The van der Waals surface area contributed by atoms with Crippen LogP contribution in [0.3, 0.4) is 0 Å². The molecule has 1 unspecified atom stereocenters. The molecule has 2 aromatic carbocycles. The van der Waals surface area contributed by atoms with Crippen LogP contribution in [0.1, 0.15) is 34.0 Å². The van der Waals surface area contributed by atoms with Gasteiger partial charge in [0.05, 0.1) is 30.5 Å². The number of allylic oxidation sites excluding steroid dienone is 1. The van der Waals surface area contributed by atoms with E-state index in [-0.39, 0.29) is 11.6 Å². The second-order valence-corrected chi connectivity index (χ2v) is 10.2. The Labute approximate surface area is 204 Å². The fourth-order valence-electron chi connectivity index (χ4n) is 4.93. The molecule has 1 atom stereocenters. The number of nitrogens with zero attached hydrogens (tertiary/aromatic N) is 2. The van der Waals surface area contributed by atoms with Crippen LogP contribution in [0, 0.1) is 0 Å². The lowest BCUT2D eigenvalue weighted by Crippen LogP contribution is -2.39. The number of hydrogen-bond donors (Lipinski definition) is 0. The number of ether oxygens (including phenoxy) is 2. The lowest BCUT2D eigenvalue weighted by Gasteiger charge is -2.31. The third kappa shape index (κ3) is 3.27. The second kappa shape index (κ2) is 8.42. The summed E-state index contributed by atoms with van der Waals surface area (Å²) in [5.41, 5.74) is 5.43. The highest BCUT2D eigenvalue weighted by molar-refractivity contribution is 7.11. The molecule has 0 spiro atoms. The van der Waals surface area contributed by atoms with E-state index in [2.05, 4.69) is 24.3 Å². The fourth-order valence-corrected chi connectivity index (χ4v) is 6.65. The number of aromatic nitrogens is 1. The van der Waals surface area contributed by atoms with Gasteiger partial charge in [-0.3, -0.25) is 9.36 Å². The van der Waals surface area contributed by atoms with Crippen molar-refractivity contribution in [3.8, 4) is 11.5 Å². The summed E-state index contributed by atoms with van der Waals surface area (Å²) < 4.78 is 13.9. The molecule has 5 nitrogen and oxygen atoms in total. The van der Waals surface area contributed by atoms with Crippen LogP contribution in [0.2, 0.25) is 0 Å². The first-order valence-electron chi connectivity index (χ1n) is 11.1. The normalized spacial score (nSPS) is 17.0. The molecule has 3 heterocycles. The highest BCUT2D eigenvalue weighted by Crippen LogP contribution is 2.45. The Balaban J connectivity index is 1.68. The van der Waals surface area contributed by atoms with Crippen molar-refractivity contribution in [2.24, 2.45) is 4.99 Å². The Morgan fingerprint density at radius 1 is 1.03 bits per heavy atom. The first kappa shape index (κ1) is 21.1. The second-order valence-electron chi connectivity index (χ2n) is 8.21. The fraction of sp³-hybridized carbons (Fsp3) is 0.185. The molecule has 7 heteroatoms. The molecule has 4 aromatic rings. The van der Waals surface area contributed by atoms with Crippen LogP contribution in [0.5, 0.6) is 11.5 Å². The Morgan fingerprint density at radius 3 is 2.71 bits per heavy atom. The van der Waals surface area contributed by atoms with E-state index in [1.807, 2.05) is 46.4 Å². The maximum Gasteiger partial charge on any atom is 0.271 e. The van der Waals surface area contributed by atoms with Crippen molar-refractivity contribution in [3.63, 3.8) is 0 Å². The minimum absolute atomic E-state index is 0.0302. The molecular weight excluding hydrogens is 464 g/mol. The number of benzene rings is 2. The lowest BCUT2D eigenvalue weighted by atomic mass is 9.83. The van der Waals surface area contributed by atoms with Crippen LogP contribution in [-0.4, -0.2) is 18.8 Å². The molecular formula is C27H22N2O3S2. The van der Waals surface area contributed by atoms with Crippen LogP contribution in [-0.2, 0) is 6.42 Å². The molecule has 0 bridgehead atoms. The van der Waals surface area contributed by atoms with Crippen molar-refractivity contribution >= 4 is 34.4 Å². The van der Waals surface area contributed by atoms with E-state index in [0.717, 1.165) is 40.1 Å². The van der Waals surface area contributed by atoms with Gasteiger partial charge >= 0.3 is 0 Å². The SMILES string of the molecule is COc1cccc(C2C3=C(N=c4s/c(=C/c5cccs5)c(=O)n42)c2ccccc2CC3)c1OC. The number of thiophene rings is 1. The zero-order valence-electron chi connectivity index (χ0n) is 18.8. The number of aryl methyl sites for hydroxylation is 1. The van der Waals surface area contributed by atoms with Crippen molar-refractivity contribution in [2.45, 2.75) is 18.9 Å². The number of rotatable bonds is 4. The molecule has 170 valence electrons. The minimum Gasteiger partial charge on any atom is -0.493 e. The molecule has 2 aromatic heterocycles. The van der Waals surface area contributed by atoms with Gasteiger partial charge < -0.3 is 9.47 Å². The monoisotopic (exact) mass is 486 g/mol. The molecule has 0 saturated heterocycles. The van der Waals surface area contributed by atoms with Crippen molar-refractivity contribution < 1.29 is 9.47 Å². The van der Waals surface area contributed by atoms with Crippen molar-refractivity contribution in [2.75, 3.05) is 14.2 Å². The predicted octanol–water partition coefficient (Wildman–Crippen LogP) is 4.40. The maximum absolute atomic E-state index is 13.8.